The SMILES string of the molecule is CC(C)CCn1c(SCC(=O)O)nc2c(F)cc(F)cc21. The number of aryl methyl sites for hydroxylation is 1. The van der Waals surface area contributed by atoms with Crippen molar-refractivity contribution >= 4 is 28.8 Å². The number of hydrogen-bond donors (Lipinski definition) is 1. The molecule has 0 spiro atoms. The Bertz CT molecular complexity index is 671. The third-order valence-corrected chi connectivity index (χ3v) is 3.95. The number of carboxylic acids is 1. The van der Waals surface area contributed by atoms with Crippen LogP contribution < -0.4 is 0 Å². The minimum absolute atomic E-state index is 0.0769. The van der Waals surface area contributed by atoms with Crippen LogP contribution in [-0.4, -0.2) is 26.4 Å². The summed E-state index contributed by atoms with van der Waals surface area (Å²) < 4.78 is 28.9. The van der Waals surface area contributed by atoms with E-state index in [1.165, 1.54) is 6.07 Å². The van der Waals surface area contributed by atoms with Crippen molar-refractivity contribution in [1.29, 1.82) is 0 Å². The number of benzene rings is 1. The van der Waals surface area contributed by atoms with Crippen molar-refractivity contribution in [1.82, 2.24) is 9.55 Å². The van der Waals surface area contributed by atoms with Gasteiger partial charge in [0.25, 0.3) is 0 Å². The molecule has 0 fully saturated rings. The third-order valence-electron chi connectivity index (χ3n) is 2.99. The Balaban J connectivity index is 2.46. The van der Waals surface area contributed by atoms with Crippen LogP contribution in [0, 0.1) is 17.6 Å². The molecule has 1 heterocycles. The lowest BCUT2D eigenvalue weighted by Crippen LogP contribution is -2.05. The van der Waals surface area contributed by atoms with Gasteiger partial charge in [-0.2, -0.15) is 0 Å². The summed E-state index contributed by atoms with van der Waals surface area (Å²) in [4.78, 5) is 14.8. The normalized spacial score (nSPS) is 11.5. The first kappa shape index (κ1) is 15.8. The monoisotopic (exact) mass is 314 g/mol. The lowest BCUT2D eigenvalue weighted by molar-refractivity contribution is -0.133. The molecule has 0 saturated heterocycles. The number of rotatable bonds is 6. The standard InChI is InChI=1S/C14H16F2N2O2S/c1-8(2)3-4-18-11-6-9(15)5-10(16)13(11)17-14(18)21-7-12(19)20/h5-6,8H,3-4,7H2,1-2H3,(H,19,20). The van der Waals surface area contributed by atoms with Crippen LogP contribution in [0.25, 0.3) is 11.0 Å². The van der Waals surface area contributed by atoms with E-state index in [2.05, 4.69) is 4.98 Å². The molecular weight excluding hydrogens is 298 g/mol. The number of halogens is 2. The largest absolute Gasteiger partial charge is 0.481 e. The smallest absolute Gasteiger partial charge is 0.313 e. The molecule has 1 aromatic heterocycles. The fourth-order valence-corrected chi connectivity index (χ4v) is 2.72. The van der Waals surface area contributed by atoms with E-state index in [-0.39, 0.29) is 11.3 Å². The Morgan fingerprint density at radius 2 is 2.14 bits per heavy atom. The summed E-state index contributed by atoms with van der Waals surface area (Å²) in [5.74, 6) is -2.13. The average Bonchev–Trinajstić information content (AvgIpc) is 2.72. The minimum atomic E-state index is -0.978. The summed E-state index contributed by atoms with van der Waals surface area (Å²) in [5.41, 5.74) is 0.439. The number of imidazole rings is 1. The van der Waals surface area contributed by atoms with Crippen LogP contribution in [0.3, 0.4) is 0 Å². The van der Waals surface area contributed by atoms with Gasteiger partial charge in [0, 0.05) is 18.7 Å². The van der Waals surface area contributed by atoms with Gasteiger partial charge >= 0.3 is 5.97 Å². The number of hydrogen-bond acceptors (Lipinski definition) is 3. The zero-order chi connectivity index (χ0) is 15.6. The summed E-state index contributed by atoms with van der Waals surface area (Å²) in [6, 6.07) is 2.02. The van der Waals surface area contributed by atoms with Gasteiger partial charge in [-0.15, -0.1) is 0 Å². The van der Waals surface area contributed by atoms with Crippen LogP contribution in [0.2, 0.25) is 0 Å². The molecule has 0 saturated carbocycles. The molecule has 114 valence electrons. The number of aliphatic carboxylic acids is 1. The molecule has 0 bridgehead atoms. The van der Waals surface area contributed by atoms with E-state index >= 15 is 0 Å². The van der Waals surface area contributed by atoms with Crippen molar-refractivity contribution in [2.45, 2.75) is 32.0 Å². The fraction of sp³-hybridized carbons (Fsp3) is 0.429. The number of carbonyl (C=O) groups is 1. The number of thioether (sulfide) groups is 1. The van der Waals surface area contributed by atoms with Gasteiger partial charge in [0.2, 0.25) is 0 Å². The Kier molecular flexibility index (Phi) is 4.82. The average molecular weight is 314 g/mol. The molecule has 1 N–H and O–H groups in total. The van der Waals surface area contributed by atoms with Crippen LogP contribution in [-0.2, 0) is 11.3 Å². The molecule has 0 aliphatic heterocycles. The highest BCUT2D eigenvalue weighted by Gasteiger charge is 2.17. The molecule has 2 rings (SSSR count). The highest BCUT2D eigenvalue weighted by atomic mass is 32.2. The Morgan fingerprint density at radius 1 is 1.43 bits per heavy atom. The van der Waals surface area contributed by atoms with Crippen molar-refractivity contribution < 1.29 is 18.7 Å². The first-order valence-electron chi connectivity index (χ1n) is 6.58. The van der Waals surface area contributed by atoms with E-state index < -0.39 is 17.6 Å². The molecule has 0 atom stereocenters. The predicted molar refractivity (Wildman–Crippen MR) is 77.5 cm³/mol. The summed E-state index contributed by atoms with van der Waals surface area (Å²) in [7, 11) is 0. The molecule has 0 unspecified atom stereocenters. The maximum atomic E-state index is 13.8. The number of carboxylic acid groups (broad SMARTS) is 1. The minimum Gasteiger partial charge on any atom is -0.481 e. The summed E-state index contributed by atoms with van der Waals surface area (Å²) >= 11 is 1.01. The predicted octanol–water partition coefficient (Wildman–Crippen LogP) is 3.54. The van der Waals surface area contributed by atoms with Gasteiger partial charge < -0.3 is 9.67 Å². The summed E-state index contributed by atoms with van der Waals surface area (Å²) in [6.45, 7) is 4.63. The maximum Gasteiger partial charge on any atom is 0.313 e. The zero-order valence-electron chi connectivity index (χ0n) is 11.8. The zero-order valence-corrected chi connectivity index (χ0v) is 12.6. The molecule has 0 aliphatic rings. The summed E-state index contributed by atoms with van der Waals surface area (Å²) in [6.07, 6.45) is 0.810. The second-order valence-corrected chi connectivity index (χ2v) is 6.11. The lowest BCUT2D eigenvalue weighted by atomic mass is 10.1. The van der Waals surface area contributed by atoms with E-state index in [0.29, 0.717) is 23.1 Å². The topological polar surface area (TPSA) is 55.1 Å². The van der Waals surface area contributed by atoms with Crippen LogP contribution in [0.1, 0.15) is 20.3 Å². The molecule has 2 aromatic rings. The number of aromatic nitrogens is 2. The number of nitrogens with zero attached hydrogens (tertiary/aromatic N) is 2. The van der Waals surface area contributed by atoms with Crippen LogP contribution in [0.4, 0.5) is 8.78 Å². The van der Waals surface area contributed by atoms with Gasteiger partial charge in [0.15, 0.2) is 11.0 Å². The Labute approximate surface area is 125 Å². The molecule has 4 nitrogen and oxygen atoms in total. The second kappa shape index (κ2) is 6.43. The van der Waals surface area contributed by atoms with Crippen molar-refractivity contribution in [2.75, 3.05) is 5.75 Å². The van der Waals surface area contributed by atoms with Gasteiger partial charge in [-0.05, 0) is 12.3 Å². The van der Waals surface area contributed by atoms with Crippen molar-refractivity contribution in [2.24, 2.45) is 5.92 Å². The van der Waals surface area contributed by atoms with Crippen molar-refractivity contribution in [3.63, 3.8) is 0 Å². The van der Waals surface area contributed by atoms with Gasteiger partial charge in [0.1, 0.15) is 11.3 Å². The molecule has 0 amide bonds. The van der Waals surface area contributed by atoms with Crippen molar-refractivity contribution in [3.8, 4) is 0 Å². The molecule has 0 aliphatic carbocycles. The van der Waals surface area contributed by atoms with E-state index in [1.54, 1.807) is 4.57 Å². The third kappa shape index (κ3) is 3.72. The first-order valence-corrected chi connectivity index (χ1v) is 7.57. The van der Waals surface area contributed by atoms with Gasteiger partial charge in [0.05, 0.1) is 11.3 Å². The van der Waals surface area contributed by atoms with E-state index in [0.717, 1.165) is 24.2 Å². The molecular formula is C14H16F2N2O2S. The highest BCUT2D eigenvalue weighted by Crippen LogP contribution is 2.27. The van der Waals surface area contributed by atoms with E-state index in [9.17, 15) is 13.6 Å². The molecule has 1 aromatic carbocycles. The van der Waals surface area contributed by atoms with E-state index in [4.69, 9.17) is 5.11 Å². The quantitative estimate of drug-likeness (QED) is 0.829. The Hall–Kier alpha value is -1.63. The van der Waals surface area contributed by atoms with Crippen LogP contribution in [0.15, 0.2) is 17.3 Å². The number of fused-ring (bicyclic) bond motifs is 1. The first-order chi connectivity index (χ1) is 9.88. The van der Waals surface area contributed by atoms with E-state index in [1.807, 2.05) is 13.8 Å². The van der Waals surface area contributed by atoms with Crippen molar-refractivity contribution in [3.05, 3.63) is 23.8 Å². The Morgan fingerprint density at radius 3 is 2.76 bits per heavy atom. The van der Waals surface area contributed by atoms with Crippen LogP contribution >= 0.6 is 11.8 Å². The van der Waals surface area contributed by atoms with Gasteiger partial charge in [-0.25, -0.2) is 13.8 Å². The van der Waals surface area contributed by atoms with Crippen LogP contribution in [0.5, 0.6) is 0 Å². The van der Waals surface area contributed by atoms with Gasteiger partial charge in [-0.1, -0.05) is 25.6 Å². The fourth-order valence-electron chi connectivity index (χ4n) is 1.97. The maximum absolute atomic E-state index is 13.8. The molecule has 0 radical (unpaired) electrons. The van der Waals surface area contributed by atoms with Gasteiger partial charge in [-0.3, -0.25) is 4.79 Å². The summed E-state index contributed by atoms with van der Waals surface area (Å²) in [5, 5.41) is 9.17. The lowest BCUT2D eigenvalue weighted by Gasteiger charge is -2.10. The highest BCUT2D eigenvalue weighted by molar-refractivity contribution is 7.99. The second-order valence-electron chi connectivity index (χ2n) is 5.17. The molecule has 21 heavy (non-hydrogen) atoms. The molecule has 7 heteroatoms.